The first-order chi connectivity index (χ1) is 14.3. The van der Waals surface area contributed by atoms with E-state index in [9.17, 15) is 14.0 Å². The molecule has 3 amide bonds. The fourth-order valence-corrected chi connectivity index (χ4v) is 3.76. The van der Waals surface area contributed by atoms with Crippen LogP contribution >= 0.6 is 24.0 Å². The number of imide groups is 1. The number of aliphatic imine (C=N–C) groups is 1. The van der Waals surface area contributed by atoms with E-state index in [1.807, 2.05) is 26.0 Å². The molecule has 0 radical (unpaired) electrons. The van der Waals surface area contributed by atoms with Crippen LogP contribution in [0.3, 0.4) is 0 Å². The van der Waals surface area contributed by atoms with Crippen LogP contribution in [0.25, 0.3) is 0 Å². The molecule has 1 heterocycles. The highest BCUT2D eigenvalue weighted by molar-refractivity contribution is 14.0. The number of amides is 3. The second kappa shape index (κ2) is 10.6. The van der Waals surface area contributed by atoms with Gasteiger partial charge in [0.05, 0.1) is 6.54 Å². The molecule has 9 heteroatoms. The third-order valence-electron chi connectivity index (χ3n) is 6.09. The van der Waals surface area contributed by atoms with Gasteiger partial charge in [-0.05, 0) is 51.2 Å². The minimum atomic E-state index is -0.799. The number of rotatable bonds is 9. The molecule has 1 aliphatic heterocycles. The van der Waals surface area contributed by atoms with Crippen molar-refractivity contribution in [2.24, 2.45) is 4.99 Å². The standard InChI is InChI=1S/C22H32FN5O2.HI/c1-4-21(3)18(29)28(20(30)27-21)14-8-13-25-19(24-5-2)26-15-22(11-12-22)16-9-6-7-10-17(16)23;/h6-7,9-10H,4-5,8,11-15H2,1-3H3,(H,27,30)(H2,24,25,26);1H. The van der Waals surface area contributed by atoms with Gasteiger partial charge in [-0.25, -0.2) is 9.18 Å². The summed E-state index contributed by atoms with van der Waals surface area (Å²) in [6.45, 7) is 7.77. The van der Waals surface area contributed by atoms with Crippen molar-refractivity contribution in [3.05, 3.63) is 35.6 Å². The van der Waals surface area contributed by atoms with E-state index >= 15 is 0 Å². The van der Waals surface area contributed by atoms with Gasteiger partial charge in [-0.3, -0.25) is 14.7 Å². The number of nitrogens with zero attached hydrogens (tertiary/aromatic N) is 2. The molecular formula is C22H33FIN5O2. The summed E-state index contributed by atoms with van der Waals surface area (Å²) >= 11 is 0. The van der Waals surface area contributed by atoms with Gasteiger partial charge in [0.15, 0.2) is 5.96 Å². The number of halogens is 2. The molecule has 1 aliphatic carbocycles. The lowest BCUT2D eigenvalue weighted by Crippen LogP contribution is -2.43. The van der Waals surface area contributed by atoms with E-state index in [0.717, 1.165) is 18.4 Å². The van der Waals surface area contributed by atoms with E-state index in [2.05, 4.69) is 20.9 Å². The number of hydrogen-bond donors (Lipinski definition) is 3. The normalized spacial score (nSPS) is 22.1. The second-order valence-electron chi connectivity index (χ2n) is 8.31. The fourth-order valence-electron chi connectivity index (χ4n) is 3.76. The molecule has 7 nitrogen and oxygen atoms in total. The summed E-state index contributed by atoms with van der Waals surface area (Å²) in [6.07, 6.45) is 3.04. The van der Waals surface area contributed by atoms with Crippen LogP contribution in [0.4, 0.5) is 9.18 Å². The molecule has 31 heavy (non-hydrogen) atoms. The van der Waals surface area contributed by atoms with Gasteiger partial charge >= 0.3 is 6.03 Å². The maximum Gasteiger partial charge on any atom is 0.325 e. The van der Waals surface area contributed by atoms with Crippen LogP contribution in [0, 0.1) is 5.82 Å². The Morgan fingerprint density at radius 2 is 1.94 bits per heavy atom. The maximum absolute atomic E-state index is 14.2. The zero-order valence-corrected chi connectivity index (χ0v) is 20.8. The molecule has 172 valence electrons. The summed E-state index contributed by atoms with van der Waals surface area (Å²) in [5.74, 6) is 0.322. The van der Waals surface area contributed by atoms with Crippen molar-refractivity contribution >= 4 is 41.9 Å². The molecule has 1 saturated carbocycles. The van der Waals surface area contributed by atoms with Crippen LogP contribution in [0.5, 0.6) is 0 Å². The monoisotopic (exact) mass is 545 g/mol. The maximum atomic E-state index is 14.2. The predicted molar refractivity (Wildman–Crippen MR) is 130 cm³/mol. The lowest BCUT2D eigenvalue weighted by Gasteiger charge is -2.19. The topological polar surface area (TPSA) is 85.8 Å². The predicted octanol–water partition coefficient (Wildman–Crippen LogP) is 3.14. The number of carbonyl (C=O) groups is 2. The van der Waals surface area contributed by atoms with Crippen molar-refractivity contribution in [1.29, 1.82) is 0 Å². The van der Waals surface area contributed by atoms with Gasteiger partial charge in [0.2, 0.25) is 0 Å². The second-order valence-corrected chi connectivity index (χ2v) is 8.31. The first-order valence-corrected chi connectivity index (χ1v) is 10.8. The largest absolute Gasteiger partial charge is 0.357 e. The van der Waals surface area contributed by atoms with Crippen molar-refractivity contribution in [2.75, 3.05) is 26.2 Å². The minimum Gasteiger partial charge on any atom is -0.357 e. The Balaban J connectivity index is 0.00000341. The Labute approximate surface area is 200 Å². The van der Waals surface area contributed by atoms with Crippen LogP contribution in [-0.2, 0) is 10.2 Å². The first kappa shape index (κ1) is 25.4. The van der Waals surface area contributed by atoms with Crippen LogP contribution in [0.1, 0.15) is 52.0 Å². The van der Waals surface area contributed by atoms with Gasteiger partial charge in [0.1, 0.15) is 11.4 Å². The van der Waals surface area contributed by atoms with Gasteiger partial charge < -0.3 is 16.0 Å². The van der Waals surface area contributed by atoms with E-state index in [1.165, 1.54) is 11.0 Å². The van der Waals surface area contributed by atoms with Crippen LogP contribution in [0.2, 0.25) is 0 Å². The smallest absolute Gasteiger partial charge is 0.325 e. The Bertz CT molecular complexity index is 830. The summed E-state index contributed by atoms with van der Waals surface area (Å²) in [7, 11) is 0. The van der Waals surface area contributed by atoms with E-state index in [4.69, 9.17) is 0 Å². The van der Waals surface area contributed by atoms with Gasteiger partial charge in [-0.15, -0.1) is 24.0 Å². The molecule has 3 rings (SSSR count). The molecule has 1 atom stereocenters. The lowest BCUT2D eigenvalue weighted by molar-refractivity contribution is -0.130. The highest BCUT2D eigenvalue weighted by Crippen LogP contribution is 2.49. The molecule has 0 bridgehead atoms. The van der Waals surface area contributed by atoms with Crippen LogP contribution in [-0.4, -0.2) is 54.5 Å². The van der Waals surface area contributed by atoms with E-state index < -0.39 is 5.54 Å². The molecule has 1 aromatic rings. The van der Waals surface area contributed by atoms with Crippen LogP contribution < -0.4 is 16.0 Å². The highest BCUT2D eigenvalue weighted by atomic mass is 127. The number of urea groups is 1. The number of benzene rings is 1. The molecule has 1 aromatic carbocycles. The van der Waals surface area contributed by atoms with Gasteiger partial charge in [0.25, 0.3) is 5.91 Å². The summed E-state index contributed by atoms with van der Waals surface area (Å²) < 4.78 is 14.2. The molecule has 2 aliphatic rings. The van der Waals surface area contributed by atoms with Crippen LogP contribution in [0.15, 0.2) is 29.3 Å². The molecule has 2 fully saturated rings. The summed E-state index contributed by atoms with van der Waals surface area (Å²) in [4.78, 5) is 30.5. The molecule has 0 spiro atoms. The summed E-state index contributed by atoms with van der Waals surface area (Å²) in [6, 6.07) is 6.59. The van der Waals surface area contributed by atoms with Crippen molar-refractivity contribution in [1.82, 2.24) is 20.9 Å². The van der Waals surface area contributed by atoms with E-state index in [-0.39, 0.29) is 47.1 Å². The van der Waals surface area contributed by atoms with Crippen molar-refractivity contribution in [3.8, 4) is 0 Å². The fraction of sp³-hybridized carbons (Fsp3) is 0.591. The number of carbonyl (C=O) groups excluding carboxylic acids is 2. The van der Waals surface area contributed by atoms with Gasteiger partial charge in [-0.1, -0.05) is 25.1 Å². The Morgan fingerprint density at radius 1 is 1.23 bits per heavy atom. The SMILES string of the molecule is CCNC(=NCC1(c2ccccc2F)CC1)NCCCN1C(=O)NC(C)(CC)C1=O.I. The first-order valence-electron chi connectivity index (χ1n) is 10.8. The van der Waals surface area contributed by atoms with Crippen molar-refractivity contribution in [3.63, 3.8) is 0 Å². The van der Waals surface area contributed by atoms with Gasteiger partial charge in [-0.2, -0.15) is 0 Å². The van der Waals surface area contributed by atoms with Gasteiger partial charge in [0, 0.05) is 25.0 Å². The molecule has 1 saturated heterocycles. The third-order valence-corrected chi connectivity index (χ3v) is 6.09. The lowest BCUT2D eigenvalue weighted by atomic mass is 9.95. The minimum absolute atomic E-state index is 0. The molecule has 0 aromatic heterocycles. The number of guanidine groups is 1. The van der Waals surface area contributed by atoms with Crippen molar-refractivity contribution in [2.45, 2.75) is 57.4 Å². The zero-order valence-electron chi connectivity index (χ0n) is 18.5. The average Bonchev–Trinajstić information content (AvgIpc) is 3.48. The Morgan fingerprint density at radius 3 is 2.52 bits per heavy atom. The summed E-state index contributed by atoms with van der Waals surface area (Å²) in [5, 5.41) is 9.22. The molecule has 1 unspecified atom stereocenters. The average molecular weight is 545 g/mol. The molecular weight excluding hydrogens is 512 g/mol. The van der Waals surface area contributed by atoms with Crippen molar-refractivity contribution < 1.29 is 14.0 Å². The molecule has 3 N–H and O–H groups in total. The van der Waals surface area contributed by atoms with E-state index in [1.54, 1.807) is 13.0 Å². The number of hydrogen-bond acceptors (Lipinski definition) is 3. The number of nitrogens with one attached hydrogen (secondary N) is 3. The quantitative estimate of drug-likeness (QED) is 0.146. The zero-order chi connectivity index (χ0) is 21.8. The Kier molecular flexibility index (Phi) is 8.67. The highest BCUT2D eigenvalue weighted by Gasteiger charge is 2.46. The van der Waals surface area contributed by atoms with E-state index in [0.29, 0.717) is 45.0 Å². The Hall–Kier alpha value is -1.91. The third kappa shape index (κ3) is 5.67. The summed E-state index contributed by atoms with van der Waals surface area (Å²) in [5.41, 5.74) is -0.271.